The quantitative estimate of drug-likeness (QED) is 0.761. The number of nitrogens with two attached hydrogens (primary N) is 1. The van der Waals surface area contributed by atoms with Gasteiger partial charge in [-0.25, -0.2) is 0 Å². The van der Waals surface area contributed by atoms with Crippen LogP contribution in [0.2, 0.25) is 0 Å². The minimum atomic E-state index is -0.148. The van der Waals surface area contributed by atoms with Crippen molar-refractivity contribution < 1.29 is 4.79 Å². The molecule has 5 heteroatoms. The van der Waals surface area contributed by atoms with Crippen molar-refractivity contribution in [3.8, 4) is 0 Å². The van der Waals surface area contributed by atoms with E-state index in [1.807, 2.05) is 32.0 Å². The molecule has 1 amide bonds. The Morgan fingerprint density at radius 1 is 1.05 bits per heavy atom. The largest absolute Gasteiger partial charge is 0.376 e. The molecule has 0 radical (unpaired) electrons. The highest BCUT2D eigenvalue weighted by atomic mass is 32.1. The maximum Gasteiger partial charge on any atom is 0.255 e. The van der Waals surface area contributed by atoms with Gasteiger partial charge < -0.3 is 16.4 Å². The van der Waals surface area contributed by atoms with Gasteiger partial charge in [-0.2, -0.15) is 0 Å². The summed E-state index contributed by atoms with van der Waals surface area (Å²) in [5, 5.41) is 5.93. The molecule has 4 nitrogen and oxygen atoms in total. The number of nitrogens with one attached hydrogen (secondary N) is 2. The Labute approximate surface area is 129 Å². The zero-order valence-electron chi connectivity index (χ0n) is 11.9. The van der Waals surface area contributed by atoms with Gasteiger partial charge in [-0.3, -0.25) is 4.79 Å². The first-order chi connectivity index (χ1) is 9.97. The monoisotopic (exact) mass is 299 g/mol. The van der Waals surface area contributed by atoms with Crippen molar-refractivity contribution in [1.29, 1.82) is 0 Å². The summed E-state index contributed by atoms with van der Waals surface area (Å²) >= 11 is 4.76. The minimum Gasteiger partial charge on any atom is -0.376 e. The van der Waals surface area contributed by atoms with E-state index in [4.69, 9.17) is 18.0 Å². The maximum atomic E-state index is 12.2. The van der Waals surface area contributed by atoms with E-state index in [1.165, 1.54) is 0 Å². The van der Waals surface area contributed by atoms with Gasteiger partial charge in [0.1, 0.15) is 0 Å². The molecule has 0 saturated heterocycles. The molecule has 0 heterocycles. The Morgan fingerprint density at radius 2 is 1.71 bits per heavy atom. The molecular formula is C16H17N3OS. The van der Waals surface area contributed by atoms with Crippen molar-refractivity contribution in [2.45, 2.75) is 13.8 Å². The SMILES string of the molecule is Cc1cccc(NC(=O)c2ccc(NC(N)=S)cc2)c1C. The lowest BCUT2D eigenvalue weighted by Gasteiger charge is -2.11. The number of hydrogen-bond donors (Lipinski definition) is 3. The van der Waals surface area contributed by atoms with Crippen LogP contribution < -0.4 is 16.4 Å². The van der Waals surface area contributed by atoms with E-state index in [2.05, 4.69) is 10.6 Å². The molecule has 0 aliphatic carbocycles. The van der Waals surface area contributed by atoms with Gasteiger partial charge in [0.05, 0.1) is 0 Å². The van der Waals surface area contributed by atoms with Gasteiger partial charge in [0.2, 0.25) is 0 Å². The predicted octanol–water partition coefficient (Wildman–Crippen LogP) is 3.21. The topological polar surface area (TPSA) is 67.2 Å². The second-order valence-electron chi connectivity index (χ2n) is 4.77. The van der Waals surface area contributed by atoms with Crippen LogP contribution in [0.15, 0.2) is 42.5 Å². The highest BCUT2D eigenvalue weighted by Crippen LogP contribution is 2.19. The zero-order valence-corrected chi connectivity index (χ0v) is 12.8. The van der Waals surface area contributed by atoms with Crippen LogP contribution in [0, 0.1) is 13.8 Å². The van der Waals surface area contributed by atoms with E-state index in [-0.39, 0.29) is 11.0 Å². The number of anilines is 2. The summed E-state index contributed by atoms with van der Waals surface area (Å²) in [7, 11) is 0. The Bertz CT molecular complexity index is 680. The molecule has 0 fully saturated rings. The van der Waals surface area contributed by atoms with E-state index in [1.54, 1.807) is 24.3 Å². The number of hydrogen-bond acceptors (Lipinski definition) is 2. The van der Waals surface area contributed by atoms with E-state index in [0.29, 0.717) is 5.56 Å². The van der Waals surface area contributed by atoms with Gasteiger partial charge >= 0.3 is 0 Å². The molecule has 0 spiro atoms. The summed E-state index contributed by atoms with van der Waals surface area (Å²) in [6.45, 7) is 4.00. The predicted molar refractivity (Wildman–Crippen MR) is 90.7 cm³/mol. The number of carbonyl (C=O) groups excluding carboxylic acids is 1. The number of carbonyl (C=O) groups is 1. The summed E-state index contributed by atoms with van der Waals surface area (Å²) in [6.07, 6.45) is 0. The van der Waals surface area contributed by atoms with Crippen LogP contribution in [0.1, 0.15) is 21.5 Å². The number of thiocarbonyl (C=S) groups is 1. The lowest BCUT2D eigenvalue weighted by atomic mass is 10.1. The molecule has 0 aliphatic rings. The third-order valence-corrected chi connectivity index (χ3v) is 3.37. The summed E-state index contributed by atoms with van der Waals surface area (Å²) in [4.78, 5) is 12.2. The smallest absolute Gasteiger partial charge is 0.255 e. The van der Waals surface area contributed by atoms with Crippen molar-refractivity contribution in [2.24, 2.45) is 5.73 Å². The van der Waals surface area contributed by atoms with Gasteiger partial charge in [-0.1, -0.05) is 12.1 Å². The fourth-order valence-corrected chi connectivity index (χ4v) is 2.05. The summed E-state index contributed by atoms with van der Waals surface area (Å²) in [6, 6.07) is 12.8. The van der Waals surface area contributed by atoms with Crippen LogP contribution in [0.4, 0.5) is 11.4 Å². The molecule has 2 rings (SSSR count). The molecule has 0 atom stereocenters. The van der Waals surface area contributed by atoms with Crippen molar-refractivity contribution in [1.82, 2.24) is 0 Å². The van der Waals surface area contributed by atoms with Crippen molar-refractivity contribution in [2.75, 3.05) is 10.6 Å². The van der Waals surface area contributed by atoms with Crippen molar-refractivity contribution in [3.05, 3.63) is 59.2 Å². The van der Waals surface area contributed by atoms with Crippen LogP contribution in [0.3, 0.4) is 0 Å². The Balaban J connectivity index is 2.13. The van der Waals surface area contributed by atoms with Crippen LogP contribution in [0.5, 0.6) is 0 Å². The molecule has 0 unspecified atom stereocenters. The molecule has 4 N–H and O–H groups in total. The van der Waals surface area contributed by atoms with Gasteiger partial charge in [-0.15, -0.1) is 0 Å². The van der Waals surface area contributed by atoms with E-state index < -0.39 is 0 Å². The number of aryl methyl sites for hydroxylation is 1. The minimum absolute atomic E-state index is 0.148. The lowest BCUT2D eigenvalue weighted by molar-refractivity contribution is 0.102. The van der Waals surface area contributed by atoms with Gasteiger partial charge in [-0.05, 0) is 67.5 Å². The van der Waals surface area contributed by atoms with Gasteiger partial charge in [0.25, 0.3) is 5.91 Å². The first kappa shape index (κ1) is 15.0. The fourth-order valence-electron chi connectivity index (χ4n) is 1.93. The maximum absolute atomic E-state index is 12.2. The third kappa shape index (κ3) is 3.79. The van der Waals surface area contributed by atoms with Gasteiger partial charge in [0, 0.05) is 16.9 Å². The molecule has 21 heavy (non-hydrogen) atoms. The third-order valence-electron chi connectivity index (χ3n) is 3.27. The van der Waals surface area contributed by atoms with Crippen LogP contribution in [-0.4, -0.2) is 11.0 Å². The number of amides is 1. The summed E-state index contributed by atoms with van der Waals surface area (Å²) in [5.41, 5.74) is 9.76. The van der Waals surface area contributed by atoms with E-state index in [0.717, 1.165) is 22.5 Å². The molecule has 0 saturated carbocycles. The molecule has 108 valence electrons. The Hall–Kier alpha value is -2.40. The highest BCUT2D eigenvalue weighted by Gasteiger charge is 2.08. The average Bonchev–Trinajstić information content (AvgIpc) is 2.44. The Kier molecular flexibility index (Phi) is 4.55. The fraction of sp³-hybridized carbons (Fsp3) is 0.125. The molecule has 2 aromatic carbocycles. The summed E-state index contributed by atoms with van der Waals surface area (Å²) < 4.78 is 0. The normalized spacial score (nSPS) is 10.0. The first-order valence-corrected chi connectivity index (χ1v) is 6.92. The first-order valence-electron chi connectivity index (χ1n) is 6.51. The second kappa shape index (κ2) is 6.37. The Morgan fingerprint density at radius 3 is 2.33 bits per heavy atom. The second-order valence-corrected chi connectivity index (χ2v) is 5.21. The van der Waals surface area contributed by atoms with E-state index >= 15 is 0 Å². The van der Waals surface area contributed by atoms with Crippen molar-refractivity contribution in [3.63, 3.8) is 0 Å². The molecular weight excluding hydrogens is 282 g/mol. The molecule has 0 bridgehead atoms. The van der Waals surface area contributed by atoms with Crippen LogP contribution in [0.25, 0.3) is 0 Å². The molecule has 0 aromatic heterocycles. The zero-order chi connectivity index (χ0) is 15.4. The molecule has 0 aliphatic heterocycles. The standard InChI is InChI=1S/C16H17N3OS/c1-10-4-3-5-14(11(10)2)19-15(20)12-6-8-13(9-7-12)18-16(17)21/h3-9H,1-2H3,(H,19,20)(H3,17,18,21). The summed E-state index contributed by atoms with van der Waals surface area (Å²) in [5.74, 6) is -0.148. The van der Waals surface area contributed by atoms with Crippen LogP contribution in [-0.2, 0) is 0 Å². The number of rotatable bonds is 3. The number of benzene rings is 2. The van der Waals surface area contributed by atoms with Crippen LogP contribution >= 0.6 is 12.2 Å². The van der Waals surface area contributed by atoms with Crippen molar-refractivity contribution >= 4 is 34.6 Å². The highest BCUT2D eigenvalue weighted by molar-refractivity contribution is 7.80. The average molecular weight is 299 g/mol. The lowest BCUT2D eigenvalue weighted by Crippen LogP contribution is -2.19. The molecule has 2 aromatic rings. The van der Waals surface area contributed by atoms with E-state index in [9.17, 15) is 4.79 Å². The van der Waals surface area contributed by atoms with Gasteiger partial charge in [0.15, 0.2) is 5.11 Å².